The number of carbonyl (C=O) groups is 2. The number of fused-ring (bicyclic) bond motifs is 7. The van der Waals surface area contributed by atoms with Crippen molar-refractivity contribution in [2.24, 2.45) is 0 Å². The molecule has 8 heterocycles. The van der Waals surface area contributed by atoms with E-state index in [9.17, 15) is 19.9 Å². The Morgan fingerprint density at radius 3 is 1.14 bits per heavy atom. The second-order valence-electron chi connectivity index (χ2n) is 22.8. The maximum atomic E-state index is 11.0. The van der Waals surface area contributed by atoms with Gasteiger partial charge in [0.05, 0.1) is 48.0 Å². The molecule has 1 saturated heterocycles. The van der Waals surface area contributed by atoms with Crippen LogP contribution >= 0.6 is 0 Å². The highest BCUT2D eigenvalue weighted by Gasteiger charge is 2.14. The largest absolute Gasteiger partial charge is 0.619 e. The Morgan fingerprint density at radius 2 is 0.767 bits per heavy atom. The molecule has 14 aromatic rings. The van der Waals surface area contributed by atoms with Gasteiger partial charge in [0, 0.05) is 151 Å². The summed E-state index contributed by atoms with van der Waals surface area (Å²) in [6.45, 7) is 8.06. The van der Waals surface area contributed by atoms with E-state index in [1.807, 2.05) is 129 Å². The van der Waals surface area contributed by atoms with Crippen molar-refractivity contribution in [2.75, 3.05) is 55.9 Å². The van der Waals surface area contributed by atoms with Crippen molar-refractivity contribution in [1.29, 1.82) is 10.5 Å². The maximum absolute atomic E-state index is 11.0. The highest BCUT2D eigenvalue weighted by atomic mass is 28.3. The number of phenols is 1. The number of benzene rings is 7. The molecule has 0 atom stereocenters. The van der Waals surface area contributed by atoms with Gasteiger partial charge in [0.25, 0.3) is 0 Å². The van der Waals surface area contributed by atoms with E-state index in [1.165, 1.54) is 37.6 Å². The number of aromatic nitrogens is 7. The fourth-order valence-electron chi connectivity index (χ4n) is 10.0. The summed E-state index contributed by atoms with van der Waals surface area (Å²) < 4.78 is 36.8. The summed E-state index contributed by atoms with van der Waals surface area (Å²) in [6, 6.07) is 53.8. The lowest BCUT2D eigenvalue weighted by Gasteiger charge is -2.05. The molecule has 524 valence electrons. The Balaban J connectivity index is 0.000000164. The van der Waals surface area contributed by atoms with Gasteiger partial charge >= 0.3 is 11.9 Å². The van der Waals surface area contributed by atoms with Crippen molar-refractivity contribution in [3.63, 3.8) is 0 Å². The molecule has 3 N–H and O–H groups in total. The maximum Gasteiger partial charge on any atom is 0.355 e. The average molecular weight is 1400 g/mol. The van der Waals surface area contributed by atoms with Gasteiger partial charge in [-0.2, -0.15) is 9.99 Å². The minimum atomic E-state index is -1.33. The molecule has 1 fully saturated rings. The number of nitrogens with zero attached hydrogens (tertiary/aromatic N) is 9. The van der Waals surface area contributed by atoms with E-state index < -0.39 is 20.0 Å². The molecular weight excluding hydrogens is 1320 g/mol. The standard InChI is InChI=1S/C11H8N2O.2C11H9NO3.C10H9NO2.2C10H9NO.C9H7NO.C4H9NSi.C4H8O/c1-14-11-4-2-3-8-9(11)5-6-13-10(8)7-12;2*1-15-9-4-2-3-8-7(9)5-6-12-10(8)11(13)14;1-13-10-4-2-3-8-7-11(12)6-5-9(8)10;2*1-12-10-4-2-3-8-7-11-6-5-9(8)10;11-9-3-1-2-7-6-10-5-4-8(7)9;1-6(2,3)4-5;1-2-4-5-3-1/h2-6H,1H3;2*2-6H,1H3,(H,13,14);2-7H,1H3;2*2-7H,1H3;1-6,11H;1-3H3;1-4H2. The van der Waals surface area contributed by atoms with Gasteiger partial charge in [0.1, 0.15) is 52.0 Å². The molecule has 0 amide bonds. The number of ether oxygens (including phenoxy) is 7. The van der Waals surface area contributed by atoms with Crippen LogP contribution in [-0.2, 0) is 4.74 Å². The Hall–Kier alpha value is -13.1. The molecule has 0 saturated carbocycles. The molecule has 0 bridgehead atoms. The minimum absolute atomic E-state index is 0.0476. The molecule has 0 spiro atoms. The van der Waals surface area contributed by atoms with E-state index in [4.69, 9.17) is 53.9 Å². The molecule has 7 aromatic heterocycles. The fourth-order valence-corrected chi connectivity index (χ4v) is 10.0. The molecule has 0 unspecified atom stereocenters. The molecule has 1 aliphatic heterocycles. The third kappa shape index (κ3) is 21.9. The normalized spacial score (nSPS) is 10.8. The number of aromatic carboxylic acids is 2. The molecule has 1 aliphatic rings. The average Bonchev–Trinajstić information content (AvgIpc) is 1.15. The topological polar surface area (TPSA) is 311 Å². The van der Waals surface area contributed by atoms with E-state index in [1.54, 1.807) is 146 Å². The van der Waals surface area contributed by atoms with Crippen molar-refractivity contribution < 1.29 is 62.8 Å². The van der Waals surface area contributed by atoms with Gasteiger partial charge in [-0.1, -0.05) is 98.5 Å². The number of rotatable bonds is 8. The second-order valence-corrected chi connectivity index (χ2v) is 27.5. The fraction of sp³-hybridized carbons (Fsp3) is 0.163. The van der Waals surface area contributed by atoms with Gasteiger partial charge in [-0.15, -0.1) is 0 Å². The summed E-state index contributed by atoms with van der Waals surface area (Å²) in [5.74, 6) is 2.90. The zero-order valence-electron chi connectivity index (χ0n) is 58.3. The number of nitriles is 2. The van der Waals surface area contributed by atoms with E-state index in [-0.39, 0.29) is 11.4 Å². The summed E-state index contributed by atoms with van der Waals surface area (Å²) in [4.78, 5) is 45.5. The number of carboxylic acid groups (broad SMARTS) is 2. The van der Waals surface area contributed by atoms with Crippen LogP contribution in [0.25, 0.3) is 75.4 Å². The summed E-state index contributed by atoms with van der Waals surface area (Å²) >= 11 is 0. The highest BCUT2D eigenvalue weighted by Crippen LogP contribution is 2.31. The SMILES string of the molecule is C1CCOC1.COc1cccc2c(C#N)nccc12.COc1cccc2c(C(=O)O)nccc12.COc1cccc2c(C(=O)O)nccc12.COc1cccc2c[n+]([O-])ccc12.COc1cccc2cnccc12.COc1cccc2cnccc12.C[Si](C)(C)C#N.Oc1cccc2cnccc12. The lowest BCUT2D eigenvalue weighted by Crippen LogP contribution is -2.23. The van der Waals surface area contributed by atoms with Crippen LogP contribution in [0.3, 0.4) is 0 Å². The summed E-state index contributed by atoms with van der Waals surface area (Å²) in [5.41, 5.74) is 2.77. The molecule has 22 nitrogen and oxygen atoms in total. The van der Waals surface area contributed by atoms with E-state index in [2.05, 4.69) is 41.7 Å². The van der Waals surface area contributed by atoms with Crippen LogP contribution in [0.5, 0.6) is 40.2 Å². The molecule has 103 heavy (non-hydrogen) atoms. The van der Waals surface area contributed by atoms with Gasteiger partial charge in [-0.05, 0) is 97.8 Å². The first kappa shape index (κ1) is 77.3. The van der Waals surface area contributed by atoms with E-state index in [0.717, 1.165) is 106 Å². The number of carboxylic acids is 2. The monoisotopic (exact) mass is 1400 g/mol. The van der Waals surface area contributed by atoms with Crippen LogP contribution in [0, 0.1) is 27.5 Å². The van der Waals surface area contributed by atoms with E-state index >= 15 is 0 Å². The van der Waals surface area contributed by atoms with Gasteiger partial charge in [-0.3, -0.25) is 15.0 Å². The number of pyridine rings is 7. The van der Waals surface area contributed by atoms with Crippen LogP contribution in [0.4, 0.5) is 0 Å². The molecule has 0 aliphatic carbocycles. The summed E-state index contributed by atoms with van der Waals surface area (Å²) in [7, 11) is 8.36. The lowest BCUT2D eigenvalue weighted by atomic mass is 10.1. The smallest absolute Gasteiger partial charge is 0.355 e. The summed E-state index contributed by atoms with van der Waals surface area (Å²) in [6.07, 6.45) is 20.7. The van der Waals surface area contributed by atoms with Crippen molar-refractivity contribution in [3.05, 3.63) is 260 Å². The van der Waals surface area contributed by atoms with Gasteiger partial charge in [0.2, 0.25) is 0 Å². The molecule has 15 rings (SSSR count). The number of hydrogen-bond acceptors (Lipinski definition) is 19. The second kappa shape index (κ2) is 39.5. The molecular formula is C80H77N9O13Si. The summed E-state index contributed by atoms with van der Waals surface area (Å²) in [5, 5.41) is 67.8. The number of methoxy groups -OCH3 is 6. The number of hydrogen-bond donors (Lipinski definition) is 3. The van der Waals surface area contributed by atoms with Gasteiger partial charge in [0.15, 0.2) is 31.9 Å². The Bertz CT molecular complexity index is 5020. The quantitative estimate of drug-likeness (QED) is 0.0723. The predicted octanol–water partition coefficient (Wildman–Crippen LogP) is 16.1. The first-order valence-electron chi connectivity index (χ1n) is 31.9. The van der Waals surface area contributed by atoms with Gasteiger partial charge in [-0.25, -0.2) is 29.8 Å². The zero-order chi connectivity index (χ0) is 74.1. The number of aromatic hydroxyl groups is 1. The third-order valence-corrected chi connectivity index (χ3v) is 15.7. The van der Waals surface area contributed by atoms with Crippen molar-refractivity contribution >= 4 is 95.4 Å². The minimum Gasteiger partial charge on any atom is -0.619 e. The Kier molecular flexibility index (Phi) is 29.6. The molecule has 23 heteroatoms. The molecule has 0 radical (unpaired) electrons. The van der Waals surface area contributed by atoms with Crippen LogP contribution in [-0.4, -0.2) is 121 Å². The van der Waals surface area contributed by atoms with Crippen LogP contribution < -0.4 is 33.2 Å². The predicted molar refractivity (Wildman–Crippen MR) is 402 cm³/mol. The van der Waals surface area contributed by atoms with Crippen LogP contribution in [0.15, 0.2) is 238 Å². The Morgan fingerprint density at radius 1 is 0.437 bits per heavy atom. The first-order chi connectivity index (χ1) is 49.9. The van der Waals surface area contributed by atoms with Gasteiger partial charge < -0.3 is 53.7 Å². The zero-order valence-corrected chi connectivity index (χ0v) is 59.3. The van der Waals surface area contributed by atoms with Crippen LogP contribution in [0.1, 0.15) is 39.5 Å². The first-order valence-corrected chi connectivity index (χ1v) is 35.4. The highest BCUT2D eigenvalue weighted by molar-refractivity contribution is 6.83. The Labute approximate surface area is 596 Å². The van der Waals surface area contributed by atoms with Crippen molar-refractivity contribution in [3.8, 4) is 52.0 Å². The number of phenolic OH excluding ortho intramolecular Hbond substituents is 1. The van der Waals surface area contributed by atoms with Crippen molar-refractivity contribution in [1.82, 2.24) is 29.9 Å². The van der Waals surface area contributed by atoms with Crippen LogP contribution in [0.2, 0.25) is 19.6 Å². The van der Waals surface area contributed by atoms with E-state index in [0.29, 0.717) is 33.7 Å². The lowest BCUT2D eigenvalue weighted by molar-refractivity contribution is -0.603. The van der Waals surface area contributed by atoms with Crippen molar-refractivity contribution in [2.45, 2.75) is 32.5 Å². The third-order valence-electron chi connectivity index (χ3n) is 15.0. The molecule has 7 aromatic carbocycles.